The molecule has 2 aliphatic carbocycles. The Morgan fingerprint density at radius 1 is 0.333 bits per heavy atom. The molecule has 0 radical (unpaired) electrons. The molecule has 1 heteroatoms. The highest BCUT2D eigenvalue weighted by Gasteiger charge is 2.36. The summed E-state index contributed by atoms with van der Waals surface area (Å²) in [4.78, 5) is 2.40. The van der Waals surface area contributed by atoms with E-state index in [1.165, 1.54) is 88.3 Å². The Morgan fingerprint density at radius 2 is 0.833 bits per heavy atom. The van der Waals surface area contributed by atoms with Gasteiger partial charge < -0.3 is 4.90 Å². The van der Waals surface area contributed by atoms with Crippen LogP contribution in [0.3, 0.4) is 0 Å². The molecule has 0 saturated carbocycles. The molecule has 0 aliphatic heterocycles. The van der Waals surface area contributed by atoms with E-state index in [-0.39, 0.29) is 5.41 Å². The maximum atomic E-state index is 2.41. The largest absolute Gasteiger partial charge is 0.310 e. The Balaban J connectivity index is 1.11. The van der Waals surface area contributed by atoms with E-state index in [1.54, 1.807) is 0 Å². The first kappa shape index (κ1) is 30.9. The van der Waals surface area contributed by atoms with E-state index in [1.807, 2.05) is 0 Å². The first-order valence-corrected chi connectivity index (χ1v) is 18.9. The van der Waals surface area contributed by atoms with E-state index in [0.29, 0.717) is 0 Å². The lowest BCUT2D eigenvalue weighted by molar-refractivity contribution is 0.660. The smallest absolute Gasteiger partial charge is 0.0465 e. The molecule has 0 heterocycles. The van der Waals surface area contributed by atoms with Crippen molar-refractivity contribution in [2.24, 2.45) is 0 Å². The number of rotatable bonds is 4. The number of anilines is 3. The second-order valence-electron chi connectivity index (χ2n) is 15.2. The summed E-state index contributed by atoms with van der Waals surface area (Å²) in [6, 6.07) is 69.6. The molecule has 0 fully saturated rings. The number of hydrogen-bond acceptors (Lipinski definition) is 1. The van der Waals surface area contributed by atoms with Crippen molar-refractivity contribution >= 4 is 38.6 Å². The molecule has 0 atom stereocenters. The molecule has 0 aromatic heterocycles. The molecule has 54 heavy (non-hydrogen) atoms. The van der Waals surface area contributed by atoms with Crippen molar-refractivity contribution in [3.63, 3.8) is 0 Å². The van der Waals surface area contributed by atoms with Gasteiger partial charge >= 0.3 is 0 Å². The van der Waals surface area contributed by atoms with Crippen molar-refractivity contribution in [1.82, 2.24) is 0 Å². The predicted octanol–water partition coefficient (Wildman–Crippen LogP) is 14.8. The molecule has 0 bridgehead atoms. The molecule has 0 spiro atoms. The van der Waals surface area contributed by atoms with Crippen LogP contribution < -0.4 is 4.90 Å². The van der Waals surface area contributed by atoms with Crippen LogP contribution in [0.15, 0.2) is 188 Å². The lowest BCUT2D eigenvalue weighted by atomic mass is 9.82. The Morgan fingerprint density at radius 3 is 1.57 bits per heavy atom. The highest BCUT2D eigenvalue weighted by Crippen LogP contribution is 2.54. The zero-order chi connectivity index (χ0) is 36.0. The predicted molar refractivity (Wildman–Crippen MR) is 229 cm³/mol. The van der Waals surface area contributed by atoms with Gasteiger partial charge in [0.15, 0.2) is 0 Å². The van der Waals surface area contributed by atoms with Crippen molar-refractivity contribution in [3.05, 3.63) is 199 Å². The van der Waals surface area contributed by atoms with Gasteiger partial charge in [-0.2, -0.15) is 0 Å². The summed E-state index contributed by atoms with van der Waals surface area (Å²) in [6.45, 7) is 4.71. The Labute approximate surface area is 316 Å². The normalized spacial score (nSPS) is 13.1. The van der Waals surface area contributed by atoms with E-state index in [4.69, 9.17) is 0 Å². The summed E-state index contributed by atoms with van der Waals surface area (Å²) in [5, 5.41) is 5.15. The first-order valence-electron chi connectivity index (χ1n) is 18.9. The van der Waals surface area contributed by atoms with Gasteiger partial charge in [0.1, 0.15) is 0 Å². The summed E-state index contributed by atoms with van der Waals surface area (Å²) >= 11 is 0. The molecule has 0 amide bonds. The lowest BCUT2D eigenvalue weighted by Gasteiger charge is -2.28. The summed E-state index contributed by atoms with van der Waals surface area (Å²) in [5.74, 6) is 0. The van der Waals surface area contributed by atoms with Crippen LogP contribution in [0.25, 0.3) is 77.2 Å². The second-order valence-corrected chi connectivity index (χ2v) is 15.2. The highest BCUT2D eigenvalue weighted by atomic mass is 15.1. The number of hydrogen-bond donors (Lipinski definition) is 0. The van der Waals surface area contributed by atoms with Crippen LogP contribution in [-0.4, -0.2) is 0 Å². The van der Waals surface area contributed by atoms with Crippen molar-refractivity contribution in [3.8, 4) is 55.6 Å². The van der Waals surface area contributed by atoms with Crippen LogP contribution in [0.4, 0.5) is 17.1 Å². The van der Waals surface area contributed by atoms with Gasteiger partial charge in [0.05, 0.1) is 0 Å². The van der Waals surface area contributed by atoms with Gasteiger partial charge in [-0.05, 0) is 125 Å². The third-order valence-electron chi connectivity index (χ3n) is 12.0. The van der Waals surface area contributed by atoms with E-state index in [9.17, 15) is 0 Å². The molecule has 9 aromatic carbocycles. The van der Waals surface area contributed by atoms with Crippen LogP contribution in [0, 0.1) is 0 Å². The minimum absolute atomic E-state index is 0.0796. The van der Waals surface area contributed by atoms with Gasteiger partial charge in [0, 0.05) is 22.5 Å². The fraction of sp³-hybridized carbons (Fsp3) is 0.0566. The second kappa shape index (κ2) is 11.7. The average Bonchev–Trinajstić information content (AvgIpc) is 3.37. The molecule has 0 saturated heterocycles. The number of nitrogens with zero attached hydrogens (tertiary/aromatic N) is 1. The molecule has 2 aliphatic rings. The summed E-state index contributed by atoms with van der Waals surface area (Å²) in [5.41, 5.74) is 19.0. The molecule has 11 rings (SSSR count). The maximum absolute atomic E-state index is 2.41. The molecular formula is C53H37N. The number of benzene rings is 9. The third kappa shape index (κ3) is 4.39. The van der Waals surface area contributed by atoms with Gasteiger partial charge in [-0.1, -0.05) is 166 Å². The zero-order valence-electron chi connectivity index (χ0n) is 30.3. The molecule has 0 unspecified atom stereocenters. The van der Waals surface area contributed by atoms with Crippen LogP contribution in [0.1, 0.15) is 25.0 Å². The van der Waals surface area contributed by atoms with Crippen LogP contribution in [0.5, 0.6) is 0 Å². The van der Waals surface area contributed by atoms with E-state index >= 15 is 0 Å². The molecule has 254 valence electrons. The zero-order valence-corrected chi connectivity index (χ0v) is 30.3. The SMILES string of the molecule is CC1(C)c2ccccc2-c2ccc(N(c3ccccc3)c3ccc(-c4c5ccccc5c5c6c(cccc46)-c4ccccc4-c4ccccc4-5)cc3)cc21. The molecule has 9 aromatic rings. The molecule has 1 nitrogen and oxygen atoms in total. The Hall–Kier alpha value is -6.70. The third-order valence-corrected chi connectivity index (χ3v) is 12.0. The van der Waals surface area contributed by atoms with Gasteiger partial charge in [-0.25, -0.2) is 0 Å². The van der Waals surface area contributed by atoms with E-state index in [0.717, 1.165) is 17.1 Å². The van der Waals surface area contributed by atoms with Crippen molar-refractivity contribution in [2.75, 3.05) is 4.90 Å². The average molecular weight is 688 g/mol. The van der Waals surface area contributed by atoms with Crippen molar-refractivity contribution in [2.45, 2.75) is 19.3 Å². The molecular weight excluding hydrogens is 651 g/mol. The summed E-state index contributed by atoms with van der Waals surface area (Å²) in [6.07, 6.45) is 0. The van der Waals surface area contributed by atoms with Gasteiger partial charge in [-0.15, -0.1) is 0 Å². The summed E-state index contributed by atoms with van der Waals surface area (Å²) < 4.78 is 0. The van der Waals surface area contributed by atoms with E-state index in [2.05, 4.69) is 207 Å². The van der Waals surface area contributed by atoms with Gasteiger partial charge in [0.2, 0.25) is 0 Å². The van der Waals surface area contributed by atoms with Crippen LogP contribution in [-0.2, 0) is 5.41 Å². The standard InChI is InChI=1S/C53H37N/c1-53(2)48-26-13-12-20-41(48)42-32-31-37(33-49(42)53)54(35-15-4-3-5-16-35)36-29-27-34(28-30-36)50-45-22-10-11-23-46(45)51-43-21-9-8-19-39(43)38-17-6-7-18-40(38)44-24-14-25-47(50)52(44)51/h3-33H,1-2H3. The van der Waals surface area contributed by atoms with Crippen molar-refractivity contribution < 1.29 is 0 Å². The fourth-order valence-corrected chi connectivity index (χ4v) is 9.57. The quantitative estimate of drug-likeness (QED) is 0.167. The maximum Gasteiger partial charge on any atom is 0.0465 e. The van der Waals surface area contributed by atoms with E-state index < -0.39 is 0 Å². The minimum atomic E-state index is -0.0796. The topological polar surface area (TPSA) is 3.24 Å². The monoisotopic (exact) mass is 687 g/mol. The Bertz CT molecular complexity index is 2950. The fourth-order valence-electron chi connectivity index (χ4n) is 9.57. The van der Waals surface area contributed by atoms with Crippen LogP contribution in [0.2, 0.25) is 0 Å². The van der Waals surface area contributed by atoms with Crippen LogP contribution >= 0.6 is 0 Å². The number of fused-ring (bicyclic) bond motifs is 10. The molecule has 0 N–H and O–H groups in total. The number of para-hydroxylation sites is 1. The van der Waals surface area contributed by atoms with Crippen molar-refractivity contribution in [1.29, 1.82) is 0 Å². The summed E-state index contributed by atoms with van der Waals surface area (Å²) in [7, 11) is 0. The lowest BCUT2D eigenvalue weighted by Crippen LogP contribution is -2.16. The van der Waals surface area contributed by atoms with Gasteiger partial charge in [-0.3, -0.25) is 0 Å². The Kier molecular flexibility index (Phi) is 6.66. The minimum Gasteiger partial charge on any atom is -0.310 e. The highest BCUT2D eigenvalue weighted by molar-refractivity contribution is 6.27. The first-order chi connectivity index (χ1) is 26.6. The van der Waals surface area contributed by atoms with Gasteiger partial charge in [0.25, 0.3) is 0 Å².